The Bertz CT molecular complexity index is 959. The highest BCUT2D eigenvalue weighted by molar-refractivity contribution is 5.99. The van der Waals surface area contributed by atoms with Crippen LogP contribution in [0.4, 0.5) is 0 Å². The highest BCUT2D eigenvalue weighted by Gasteiger charge is 2.39. The number of nitrogens with zero attached hydrogens (tertiary/aromatic N) is 1. The van der Waals surface area contributed by atoms with Crippen LogP contribution < -0.4 is 0 Å². The van der Waals surface area contributed by atoms with E-state index in [1.807, 2.05) is 23.1 Å². The van der Waals surface area contributed by atoms with Crippen molar-refractivity contribution < 1.29 is 4.79 Å². The van der Waals surface area contributed by atoms with Crippen molar-refractivity contribution in [3.05, 3.63) is 106 Å². The van der Waals surface area contributed by atoms with Crippen LogP contribution in [0.5, 0.6) is 0 Å². The van der Waals surface area contributed by atoms with Gasteiger partial charge in [0.15, 0.2) is 0 Å². The summed E-state index contributed by atoms with van der Waals surface area (Å²) in [4.78, 5) is 15.1. The molecule has 1 amide bonds. The van der Waals surface area contributed by atoms with Crippen LogP contribution in [0.1, 0.15) is 44.2 Å². The molecule has 0 fully saturated rings. The molecule has 5 rings (SSSR count). The lowest BCUT2D eigenvalue weighted by Gasteiger charge is -2.31. The number of hydrogen-bond acceptors (Lipinski definition) is 1. The average molecular weight is 311 g/mol. The minimum absolute atomic E-state index is 0.0262. The average Bonchev–Trinajstić information content (AvgIpc) is 2.88. The number of carbonyl (C=O) groups is 1. The van der Waals surface area contributed by atoms with E-state index in [9.17, 15) is 4.79 Å². The summed E-state index contributed by atoms with van der Waals surface area (Å²) in [6.07, 6.45) is 0.924. The maximum absolute atomic E-state index is 13.0. The van der Waals surface area contributed by atoms with E-state index in [2.05, 4.69) is 54.6 Å². The summed E-state index contributed by atoms with van der Waals surface area (Å²) in [7, 11) is 0. The van der Waals surface area contributed by atoms with E-state index in [0.717, 1.165) is 17.5 Å². The standard InChI is InChI=1S/C22H17NO/c24-22-20-12-6-5-11-19(20)21-18-10-4-3-8-16(18)13-15-7-1-2-9-17(15)14-23(21)22/h1-12,21H,13-14H2. The van der Waals surface area contributed by atoms with Gasteiger partial charge < -0.3 is 4.90 Å². The first-order valence-corrected chi connectivity index (χ1v) is 8.37. The lowest BCUT2D eigenvalue weighted by atomic mass is 9.88. The molecule has 2 aliphatic rings. The van der Waals surface area contributed by atoms with Crippen LogP contribution in [0.15, 0.2) is 72.8 Å². The van der Waals surface area contributed by atoms with Crippen molar-refractivity contribution in [2.75, 3.05) is 0 Å². The fraction of sp³-hybridized carbons (Fsp3) is 0.136. The van der Waals surface area contributed by atoms with Crippen molar-refractivity contribution in [2.24, 2.45) is 0 Å². The summed E-state index contributed by atoms with van der Waals surface area (Å²) >= 11 is 0. The first kappa shape index (κ1) is 13.6. The lowest BCUT2D eigenvalue weighted by Crippen LogP contribution is -2.30. The Hall–Kier alpha value is -2.87. The van der Waals surface area contributed by atoms with Gasteiger partial charge in [-0.3, -0.25) is 4.79 Å². The quantitative estimate of drug-likeness (QED) is 0.605. The Morgan fingerprint density at radius 1 is 0.708 bits per heavy atom. The van der Waals surface area contributed by atoms with Gasteiger partial charge >= 0.3 is 0 Å². The van der Waals surface area contributed by atoms with Crippen molar-refractivity contribution >= 4 is 5.91 Å². The van der Waals surface area contributed by atoms with Crippen LogP contribution in [-0.2, 0) is 13.0 Å². The second kappa shape index (κ2) is 5.07. The second-order valence-electron chi connectivity index (χ2n) is 6.57. The van der Waals surface area contributed by atoms with Crippen molar-refractivity contribution in [1.82, 2.24) is 4.90 Å². The summed E-state index contributed by atoms with van der Waals surface area (Å²) in [5.74, 6) is 0.141. The molecule has 2 aliphatic heterocycles. The Kier molecular flexibility index (Phi) is 2.86. The van der Waals surface area contributed by atoms with Crippen LogP contribution >= 0.6 is 0 Å². The van der Waals surface area contributed by atoms with Gasteiger partial charge in [-0.25, -0.2) is 0 Å². The van der Waals surface area contributed by atoms with E-state index in [0.29, 0.717) is 6.54 Å². The van der Waals surface area contributed by atoms with E-state index in [1.54, 1.807) is 0 Å². The number of rotatable bonds is 0. The minimum Gasteiger partial charge on any atom is -0.323 e. The molecule has 0 aromatic heterocycles. The Morgan fingerprint density at radius 3 is 2.17 bits per heavy atom. The van der Waals surface area contributed by atoms with Crippen molar-refractivity contribution in [3.8, 4) is 0 Å². The molecule has 3 aromatic carbocycles. The Morgan fingerprint density at radius 2 is 1.33 bits per heavy atom. The van der Waals surface area contributed by atoms with Gasteiger partial charge in [-0.05, 0) is 40.3 Å². The van der Waals surface area contributed by atoms with Crippen LogP contribution in [0.2, 0.25) is 0 Å². The molecule has 2 heteroatoms. The zero-order chi connectivity index (χ0) is 16.1. The summed E-state index contributed by atoms with van der Waals surface area (Å²) < 4.78 is 0. The van der Waals surface area contributed by atoms with Gasteiger partial charge in [0.2, 0.25) is 0 Å². The SMILES string of the molecule is O=C1c2ccccc2C2c3ccccc3Cc3ccccc3CN12. The van der Waals surface area contributed by atoms with Gasteiger partial charge in [0.05, 0.1) is 6.04 Å². The lowest BCUT2D eigenvalue weighted by molar-refractivity contribution is 0.0734. The highest BCUT2D eigenvalue weighted by atomic mass is 16.2. The molecule has 0 aliphatic carbocycles. The molecule has 1 unspecified atom stereocenters. The number of amides is 1. The second-order valence-corrected chi connectivity index (χ2v) is 6.57. The molecule has 2 nitrogen and oxygen atoms in total. The van der Waals surface area contributed by atoms with Gasteiger partial charge in [0, 0.05) is 12.1 Å². The predicted molar refractivity (Wildman–Crippen MR) is 93.8 cm³/mol. The Balaban J connectivity index is 1.78. The van der Waals surface area contributed by atoms with E-state index in [-0.39, 0.29) is 11.9 Å². The number of benzene rings is 3. The molecule has 0 spiro atoms. The van der Waals surface area contributed by atoms with Crippen LogP contribution in [0.3, 0.4) is 0 Å². The normalized spacial score (nSPS) is 18.1. The van der Waals surface area contributed by atoms with Crippen LogP contribution in [0.25, 0.3) is 0 Å². The maximum Gasteiger partial charge on any atom is 0.255 e. The third kappa shape index (κ3) is 1.86. The molecular weight excluding hydrogens is 294 g/mol. The molecule has 0 saturated carbocycles. The Labute approximate surface area is 141 Å². The zero-order valence-electron chi connectivity index (χ0n) is 13.3. The molecule has 1 atom stereocenters. The molecule has 24 heavy (non-hydrogen) atoms. The molecule has 0 saturated heterocycles. The summed E-state index contributed by atoms with van der Waals surface area (Å²) in [6.45, 7) is 0.669. The third-order valence-electron chi connectivity index (χ3n) is 5.25. The molecule has 0 bridgehead atoms. The van der Waals surface area contributed by atoms with Gasteiger partial charge in [0.1, 0.15) is 0 Å². The van der Waals surface area contributed by atoms with E-state index in [4.69, 9.17) is 0 Å². The monoisotopic (exact) mass is 311 g/mol. The van der Waals surface area contributed by atoms with E-state index < -0.39 is 0 Å². The topological polar surface area (TPSA) is 20.3 Å². The molecule has 2 heterocycles. The summed E-state index contributed by atoms with van der Waals surface area (Å²) in [6, 6.07) is 25.1. The predicted octanol–water partition coefficient (Wildman–Crippen LogP) is 4.34. The largest absolute Gasteiger partial charge is 0.323 e. The maximum atomic E-state index is 13.0. The van der Waals surface area contributed by atoms with Gasteiger partial charge in [-0.2, -0.15) is 0 Å². The van der Waals surface area contributed by atoms with Gasteiger partial charge in [-0.1, -0.05) is 66.7 Å². The molecule has 0 radical (unpaired) electrons. The summed E-state index contributed by atoms with van der Waals surface area (Å²) in [5, 5.41) is 0. The van der Waals surface area contributed by atoms with Crippen molar-refractivity contribution in [1.29, 1.82) is 0 Å². The van der Waals surface area contributed by atoms with Gasteiger partial charge in [0.25, 0.3) is 5.91 Å². The molecule has 3 aromatic rings. The number of fused-ring (bicyclic) bond motifs is 6. The van der Waals surface area contributed by atoms with Crippen LogP contribution in [-0.4, -0.2) is 10.8 Å². The fourth-order valence-electron chi connectivity index (χ4n) is 4.10. The zero-order valence-corrected chi connectivity index (χ0v) is 13.3. The highest BCUT2D eigenvalue weighted by Crippen LogP contribution is 2.42. The third-order valence-corrected chi connectivity index (χ3v) is 5.25. The van der Waals surface area contributed by atoms with Crippen molar-refractivity contribution in [2.45, 2.75) is 19.0 Å². The number of carbonyl (C=O) groups excluding carboxylic acids is 1. The van der Waals surface area contributed by atoms with Crippen LogP contribution in [0, 0.1) is 0 Å². The molecule has 0 N–H and O–H groups in total. The number of hydrogen-bond donors (Lipinski definition) is 0. The van der Waals surface area contributed by atoms with Crippen molar-refractivity contribution in [3.63, 3.8) is 0 Å². The summed E-state index contributed by atoms with van der Waals surface area (Å²) in [5.41, 5.74) is 7.10. The van der Waals surface area contributed by atoms with Gasteiger partial charge in [-0.15, -0.1) is 0 Å². The minimum atomic E-state index is 0.0262. The van der Waals surface area contributed by atoms with E-state index in [1.165, 1.54) is 22.3 Å². The fourth-order valence-corrected chi connectivity index (χ4v) is 4.10. The first-order valence-electron chi connectivity index (χ1n) is 8.37. The first-order chi connectivity index (χ1) is 11.8. The smallest absolute Gasteiger partial charge is 0.255 e. The molecular formula is C22H17NO. The molecule has 116 valence electrons. The van der Waals surface area contributed by atoms with E-state index >= 15 is 0 Å².